The number of sulfonamides is 1. The molecule has 46 heavy (non-hydrogen) atoms. The van der Waals surface area contributed by atoms with E-state index in [1.807, 2.05) is 56.3 Å². The monoisotopic (exact) mass is 657 g/mol. The molecular formula is C37H40ClN3O4S. The molecule has 4 aromatic carbocycles. The first-order valence-corrected chi connectivity index (χ1v) is 17.5. The van der Waals surface area contributed by atoms with Crippen molar-refractivity contribution < 1.29 is 18.0 Å². The number of hydrogen-bond acceptors (Lipinski definition) is 4. The summed E-state index contributed by atoms with van der Waals surface area (Å²) in [6.07, 6.45) is 4.13. The normalized spacial score (nSPS) is 14.1. The number of nitrogens with one attached hydrogen (secondary N) is 1. The summed E-state index contributed by atoms with van der Waals surface area (Å²) < 4.78 is 29.5. The fourth-order valence-corrected chi connectivity index (χ4v) is 7.52. The molecule has 1 fully saturated rings. The van der Waals surface area contributed by atoms with E-state index in [2.05, 4.69) is 5.32 Å². The van der Waals surface area contributed by atoms with Crippen LogP contribution in [-0.2, 0) is 32.6 Å². The fourth-order valence-electron chi connectivity index (χ4n) is 5.90. The van der Waals surface area contributed by atoms with Gasteiger partial charge in [0.05, 0.1) is 10.6 Å². The topological polar surface area (TPSA) is 86.8 Å². The van der Waals surface area contributed by atoms with Crippen LogP contribution in [0.5, 0.6) is 0 Å². The predicted molar refractivity (Wildman–Crippen MR) is 183 cm³/mol. The van der Waals surface area contributed by atoms with Gasteiger partial charge in [0, 0.05) is 24.0 Å². The van der Waals surface area contributed by atoms with Crippen LogP contribution >= 0.6 is 11.6 Å². The lowest BCUT2D eigenvalue weighted by Gasteiger charge is -2.34. The van der Waals surface area contributed by atoms with Gasteiger partial charge in [-0.15, -0.1) is 0 Å². The van der Waals surface area contributed by atoms with E-state index < -0.39 is 28.5 Å². The molecule has 0 saturated heterocycles. The molecule has 4 aromatic rings. The van der Waals surface area contributed by atoms with Gasteiger partial charge in [-0.3, -0.25) is 13.9 Å². The minimum Gasteiger partial charge on any atom is -0.352 e. The summed E-state index contributed by atoms with van der Waals surface area (Å²) in [5, 5.41) is 3.70. The van der Waals surface area contributed by atoms with Crippen molar-refractivity contribution in [1.29, 1.82) is 0 Å². The fraction of sp³-hybridized carbons (Fsp3) is 0.297. The largest absolute Gasteiger partial charge is 0.352 e. The quantitative estimate of drug-likeness (QED) is 0.181. The molecule has 1 saturated carbocycles. The summed E-state index contributed by atoms with van der Waals surface area (Å²) in [6.45, 7) is 3.33. The van der Waals surface area contributed by atoms with Gasteiger partial charge in [0.25, 0.3) is 10.0 Å². The molecule has 1 aliphatic carbocycles. The minimum absolute atomic E-state index is 0.0413. The number of halogens is 1. The third kappa shape index (κ3) is 8.36. The van der Waals surface area contributed by atoms with Crippen molar-refractivity contribution in [1.82, 2.24) is 10.2 Å². The number of carbonyl (C=O) groups is 2. The number of benzene rings is 4. The van der Waals surface area contributed by atoms with Gasteiger partial charge in [-0.05, 0) is 79.8 Å². The van der Waals surface area contributed by atoms with Crippen LogP contribution in [0.1, 0.15) is 47.9 Å². The van der Waals surface area contributed by atoms with Crippen molar-refractivity contribution in [3.05, 3.63) is 130 Å². The summed E-state index contributed by atoms with van der Waals surface area (Å²) >= 11 is 6.34. The molecule has 0 bridgehead atoms. The number of anilines is 1. The lowest BCUT2D eigenvalue weighted by atomic mass is 10.0. The van der Waals surface area contributed by atoms with E-state index in [4.69, 9.17) is 11.6 Å². The van der Waals surface area contributed by atoms with Crippen LogP contribution in [-0.4, -0.2) is 43.8 Å². The van der Waals surface area contributed by atoms with Crippen LogP contribution in [0.3, 0.4) is 0 Å². The molecule has 0 heterocycles. The number of aryl methyl sites for hydroxylation is 2. The van der Waals surface area contributed by atoms with Gasteiger partial charge in [-0.1, -0.05) is 96.7 Å². The maximum absolute atomic E-state index is 14.6. The van der Waals surface area contributed by atoms with Crippen molar-refractivity contribution in [3.8, 4) is 0 Å². The summed E-state index contributed by atoms with van der Waals surface area (Å²) in [5.41, 5.74) is 3.76. The van der Waals surface area contributed by atoms with Gasteiger partial charge in [0.1, 0.15) is 12.6 Å². The van der Waals surface area contributed by atoms with Crippen molar-refractivity contribution in [2.75, 3.05) is 10.8 Å². The van der Waals surface area contributed by atoms with Gasteiger partial charge < -0.3 is 10.2 Å². The second-order valence-electron chi connectivity index (χ2n) is 12.0. The Balaban J connectivity index is 1.57. The number of nitrogens with zero attached hydrogens (tertiary/aromatic N) is 2. The number of amides is 2. The standard InChI is InChI=1S/C37H40ClN3O4S/c1-27-18-20-34(21-19-27)46(44,45)41(33-17-8-10-28(2)22-33)26-36(42)40(25-30-13-9-14-31(38)23-30)35(24-29-11-4-3-5-12-29)37(43)39-32-15-6-7-16-32/h3-5,8-14,17-23,32,35H,6-7,15-16,24-26H2,1-2H3,(H,39,43)/t35-/m1/s1. The highest BCUT2D eigenvalue weighted by Gasteiger charge is 2.35. The third-order valence-corrected chi connectivity index (χ3v) is 10.4. The Morgan fingerprint density at radius 3 is 2.17 bits per heavy atom. The second kappa shape index (κ2) is 15.0. The molecule has 1 atom stereocenters. The highest BCUT2D eigenvalue weighted by molar-refractivity contribution is 7.92. The van der Waals surface area contributed by atoms with E-state index >= 15 is 0 Å². The van der Waals surface area contributed by atoms with Gasteiger partial charge in [-0.25, -0.2) is 8.42 Å². The van der Waals surface area contributed by atoms with Crippen LogP contribution in [0.4, 0.5) is 5.69 Å². The second-order valence-corrected chi connectivity index (χ2v) is 14.3. The zero-order chi connectivity index (χ0) is 32.7. The summed E-state index contributed by atoms with van der Waals surface area (Å²) in [7, 11) is -4.16. The Morgan fingerprint density at radius 2 is 1.50 bits per heavy atom. The molecule has 1 N–H and O–H groups in total. The van der Waals surface area contributed by atoms with Crippen LogP contribution < -0.4 is 9.62 Å². The SMILES string of the molecule is Cc1ccc(S(=O)(=O)N(CC(=O)N(Cc2cccc(Cl)c2)[C@H](Cc2ccccc2)C(=O)NC2CCCC2)c2cccc(C)c2)cc1. The Hall–Kier alpha value is -4.14. The van der Waals surface area contributed by atoms with Crippen molar-refractivity contribution in [2.24, 2.45) is 0 Å². The first kappa shape index (κ1) is 33.2. The zero-order valence-electron chi connectivity index (χ0n) is 26.2. The molecule has 0 radical (unpaired) electrons. The van der Waals surface area contributed by atoms with Crippen molar-refractivity contribution >= 4 is 39.1 Å². The van der Waals surface area contributed by atoms with Gasteiger partial charge >= 0.3 is 0 Å². The first-order valence-electron chi connectivity index (χ1n) is 15.6. The zero-order valence-corrected chi connectivity index (χ0v) is 27.8. The van der Waals surface area contributed by atoms with Crippen molar-refractivity contribution in [2.45, 2.75) is 69.5 Å². The average molecular weight is 658 g/mol. The first-order chi connectivity index (χ1) is 22.1. The maximum Gasteiger partial charge on any atom is 0.264 e. The molecule has 0 aliphatic heterocycles. The number of rotatable bonds is 12. The van der Waals surface area contributed by atoms with Crippen molar-refractivity contribution in [3.63, 3.8) is 0 Å². The van der Waals surface area contributed by atoms with Gasteiger partial charge in [-0.2, -0.15) is 0 Å². The van der Waals surface area contributed by atoms with Gasteiger partial charge in [0.2, 0.25) is 11.8 Å². The highest BCUT2D eigenvalue weighted by atomic mass is 35.5. The van der Waals surface area contributed by atoms with Crippen LogP contribution in [0, 0.1) is 13.8 Å². The average Bonchev–Trinajstić information content (AvgIpc) is 3.55. The lowest BCUT2D eigenvalue weighted by molar-refractivity contribution is -0.140. The van der Waals surface area contributed by atoms with E-state index in [-0.39, 0.29) is 29.8 Å². The van der Waals surface area contributed by atoms with Gasteiger partial charge in [0.15, 0.2) is 0 Å². The molecule has 0 spiro atoms. The molecule has 240 valence electrons. The van der Waals surface area contributed by atoms with E-state index in [1.54, 1.807) is 60.7 Å². The molecule has 0 unspecified atom stereocenters. The molecule has 9 heteroatoms. The van der Waals surface area contributed by atoms with Crippen LogP contribution in [0.2, 0.25) is 5.02 Å². The molecule has 5 rings (SSSR count). The van der Waals surface area contributed by atoms with E-state index in [1.165, 1.54) is 4.90 Å². The summed E-state index contributed by atoms with van der Waals surface area (Å²) in [4.78, 5) is 30.3. The molecule has 0 aromatic heterocycles. The Morgan fingerprint density at radius 1 is 0.826 bits per heavy atom. The highest BCUT2D eigenvalue weighted by Crippen LogP contribution is 2.27. The molecule has 7 nitrogen and oxygen atoms in total. The number of carbonyl (C=O) groups excluding carboxylic acids is 2. The van der Waals surface area contributed by atoms with Crippen LogP contribution in [0.25, 0.3) is 0 Å². The third-order valence-electron chi connectivity index (χ3n) is 8.39. The van der Waals surface area contributed by atoms with E-state index in [0.717, 1.165) is 52.2 Å². The minimum atomic E-state index is -4.16. The van der Waals surface area contributed by atoms with Crippen LogP contribution in [0.15, 0.2) is 108 Å². The smallest absolute Gasteiger partial charge is 0.264 e. The Kier molecular flexibility index (Phi) is 10.8. The van der Waals surface area contributed by atoms with E-state index in [9.17, 15) is 18.0 Å². The summed E-state index contributed by atoms with van der Waals surface area (Å²) in [5.74, 6) is -0.755. The Labute approximate surface area is 277 Å². The lowest BCUT2D eigenvalue weighted by Crippen LogP contribution is -2.54. The molecule has 1 aliphatic rings. The Bertz CT molecular complexity index is 1760. The molecular weight excluding hydrogens is 618 g/mol. The molecule has 2 amide bonds. The number of hydrogen-bond donors (Lipinski definition) is 1. The van der Waals surface area contributed by atoms with E-state index in [0.29, 0.717) is 10.7 Å². The maximum atomic E-state index is 14.6. The predicted octanol–water partition coefficient (Wildman–Crippen LogP) is 6.85. The summed E-state index contributed by atoms with van der Waals surface area (Å²) in [6, 6.07) is 29.5.